The lowest BCUT2D eigenvalue weighted by molar-refractivity contribution is -0.123. The Hall–Kier alpha value is -2.87. The molecule has 1 heterocycles. The molecule has 36 heavy (non-hydrogen) atoms. The minimum absolute atomic E-state index is 0.261. The molecule has 0 radical (unpaired) electrons. The number of thioether (sulfide) groups is 1. The van der Waals surface area contributed by atoms with Gasteiger partial charge in [0.05, 0.1) is 20.4 Å². The van der Waals surface area contributed by atoms with Gasteiger partial charge in [-0.3, -0.25) is 14.5 Å². The van der Waals surface area contributed by atoms with Crippen LogP contribution < -0.4 is 4.74 Å². The topological polar surface area (TPSA) is 46.6 Å². The molecule has 1 saturated heterocycles. The number of imide groups is 1. The summed E-state index contributed by atoms with van der Waals surface area (Å²) in [6, 6.07) is 26.0. The van der Waals surface area contributed by atoms with Crippen molar-refractivity contribution in [3.63, 3.8) is 0 Å². The maximum absolute atomic E-state index is 13.0. The minimum atomic E-state index is -0.283. The van der Waals surface area contributed by atoms with Crippen molar-refractivity contribution < 1.29 is 14.3 Å². The van der Waals surface area contributed by atoms with E-state index in [4.69, 9.17) is 4.74 Å². The number of aryl methyl sites for hydroxylation is 1. The number of benzene rings is 4. The van der Waals surface area contributed by atoms with Gasteiger partial charge in [0.2, 0.25) is 0 Å². The SMILES string of the molecule is Cc1ccc(CN2C(=O)S/C(=C\c3cc(Br)c(OCc4cccc5ccccc45)c(Br)c3)C2=O)cc1. The van der Waals surface area contributed by atoms with Gasteiger partial charge in [0.1, 0.15) is 12.4 Å². The van der Waals surface area contributed by atoms with E-state index in [1.54, 1.807) is 6.08 Å². The summed E-state index contributed by atoms with van der Waals surface area (Å²) in [5.74, 6) is 0.390. The number of halogens is 2. The Kier molecular flexibility index (Phi) is 7.32. The highest BCUT2D eigenvalue weighted by atomic mass is 79.9. The van der Waals surface area contributed by atoms with Crippen LogP contribution in [0.2, 0.25) is 0 Å². The first-order valence-electron chi connectivity index (χ1n) is 11.3. The summed E-state index contributed by atoms with van der Waals surface area (Å²) < 4.78 is 7.67. The predicted octanol–water partition coefficient (Wildman–Crippen LogP) is 8.49. The highest BCUT2D eigenvalue weighted by Crippen LogP contribution is 2.38. The third-order valence-electron chi connectivity index (χ3n) is 5.91. The van der Waals surface area contributed by atoms with Gasteiger partial charge in [0.25, 0.3) is 11.1 Å². The highest BCUT2D eigenvalue weighted by Gasteiger charge is 2.35. The molecule has 0 spiro atoms. The van der Waals surface area contributed by atoms with Gasteiger partial charge in [0, 0.05) is 0 Å². The Morgan fingerprint density at radius 1 is 0.917 bits per heavy atom. The van der Waals surface area contributed by atoms with Crippen LogP contribution in [-0.2, 0) is 17.9 Å². The van der Waals surface area contributed by atoms with E-state index in [-0.39, 0.29) is 17.7 Å². The molecule has 5 rings (SSSR count). The van der Waals surface area contributed by atoms with Crippen LogP contribution in [0.5, 0.6) is 5.75 Å². The molecule has 7 heteroatoms. The largest absolute Gasteiger partial charge is 0.487 e. The lowest BCUT2D eigenvalue weighted by atomic mass is 10.1. The molecule has 0 unspecified atom stereocenters. The summed E-state index contributed by atoms with van der Waals surface area (Å²) in [4.78, 5) is 27.2. The van der Waals surface area contributed by atoms with Crippen LogP contribution in [0.4, 0.5) is 4.79 Å². The third kappa shape index (κ3) is 5.28. The summed E-state index contributed by atoms with van der Waals surface area (Å²) in [5.41, 5.74) is 3.93. The number of carbonyl (C=O) groups is 2. The van der Waals surface area contributed by atoms with Crippen LogP contribution in [0.25, 0.3) is 16.8 Å². The van der Waals surface area contributed by atoms with Crippen LogP contribution in [0, 0.1) is 6.92 Å². The number of hydrogen-bond donors (Lipinski definition) is 0. The summed E-state index contributed by atoms with van der Waals surface area (Å²) in [6.07, 6.45) is 1.74. The zero-order chi connectivity index (χ0) is 25.2. The van der Waals surface area contributed by atoms with Gasteiger partial charge in [-0.05, 0) is 96.2 Å². The monoisotopic (exact) mass is 621 g/mol. The molecule has 0 aliphatic carbocycles. The van der Waals surface area contributed by atoms with Crippen LogP contribution in [-0.4, -0.2) is 16.0 Å². The Labute approximate surface area is 230 Å². The van der Waals surface area contributed by atoms with Gasteiger partial charge in [-0.1, -0.05) is 72.3 Å². The zero-order valence-electron chi connectivity index (χ0n) is 19.3. The fraction of sp³-hybridized carbons (Fsp3) is 0.103. The van der Waals surface area contributed by atoms with Crippen molar-refractivity contribution in [1.82, 2.24) is 4.90 Å². The number of hydrogen-bond acceptors (Lipinski definition) is 4. The number of amides is 2. The van der Waals surface area contributed by atoms with Crippen LogP contribution >= 0.6 is 43.6 Å². The molecule has 1 fully saturated rings. The summed E-state index contributed by atoms with van der Waals surface area (Å²) >= 11 is 8.17. The highest BCUT2D eigenvalue weighted by molar-refractivity contribution is 9.11. The first kappa shape index (κ1) is 24.8. The first-order valence-corrected chi connectivity index (χ1v) is 13.7. The molecular formula is C29H21Br2NO3S. The van der Waals surface area contributed by atoms with E-state index in [1.165, 1.54) is 10.3 Å². The smallest absolute Gasteiger partial charge is 0.293 e. The maximum atomic E-state index is 13.0. The van der Waals surface area contributed by atoms with Crippen molar-refractivity contribution in [3.05, 3.63) is 115 Å². The molecule has 0 bridgehead atoms. The molecule has 1 aliphatic rings. The number of fused-ring (bicyclic) bond motifs is 1. The van der Waals surface area contributed by atoms with Gasteiger partial charge in [-0.15, -0.1) is 0 Å². The molecule has 180 valence electrons. The van der Waals surface area contributed by atoms with E-state index in [0.29, 0.717) is 17.3 Å². The lowest BCUT2D eigenvalue weighted by Crippen LogP contribution is -2.27. The Morgan fingerprint density at radius 2 is 1.61 bits per heavy atom. The van der Waals surface area contributed by atoms with Crippen molar-refractivity contribution in [2.24, 2.45) is 0 Å². The molecule has 0 N–H and O–H groups in total. The molecule has 4 aromatic carbocycles. The fourth-order valence-electron chi connectivity index (χ4n) is 4.03. The fourth-order valence-corrected chi connectivity index (χ4v) is 6.32. The Balaban J connectivity index is 1.33. The number of ether oxygens (including phenoxy) is 1. The number of nitrogens with zero attached hydrogens (tertiary/aromatic N) is 1. The third-order valence-corrected chi connectivity index (χ3v) is 7.99. The predicted molar refractivity (Wildman–Crippen MR) is 153 cm³/mol. The maximum Gasteiger partial charge on any atom is 0.293 e. The quantitative estimate of drug-likeness (QED) is 0.202. The van der Waals surface area contributed by atoms with Gasteiger partial charge in [-0.25, -0.2) is 0 Å². The van der Waals surface area contributed by atoms with Gasteiger partial charge in [-0.2, -0.15) is 0 Å². The zero-order valence-corrected chi connectivity index (χ0v) is 23.3. The second-order valence-corrected chi connectivity index (χ2v) is 11.2. The van der Waals surface area contributed by atoms with Gasteiger partial charge < -0.3 is 4.74 Å². The van der Waals surface area contributed by atoms with Crippen molar-refractivity contribution in [1.29, 1.82) is 0 Å². The molecule has 4 nitrogen and oxygen atoms in total. The van der Waals surface area contributed by atoms with Crippen molar-refractivity contribution >= 4 is 71.6 Å². The summed E-state index contributed by atoms with van der Waals surface area (Å²) in [7, 11) is 0. The number of carbonyl (C=O) groups excluding carboxylic acids is 2. The van der Waals surface area contributed by atoms with Crippen molar-refractivity contribution in [2.75, 3.05) is 0 Å². The van der Waals surface area contributed by atoms with E-state index >= 15 is 0 Å². The molecule has 4 aromatic rings. The molecule has 2 amide bonds. The first-order chi connectivity index (χ1) is 17.4. The van der Waals surface area contributed by atoms with Gasteiger partial charge >= 0.3 is 0 Å². The van der Waals surface area contributed by atoms with E-state index in [1.807, 2.05) is 61.5 Å². The molecule has 0 atom stereocenters. The lowest BCUT2D eigenvalue weighted by Gasteiger charge is -2.13. The minimum Gasteiger partial charge on any atom is -0.487 e. The Morgan fingerprint density at radius 3 is 2.36 bits per heavy atom. The Bertz CT molecular complexity index is 1490. The molecule has 0 saturated carbocycles. The van der Waals surface area contributed by atoms with E-state index in [0.717, 1.165) is 48.3 Å². The second-order valence-electron chi connectivity index (χ2n) is 8.49. The molecule has 1 aliphatic heterocycles. The van der Waals surface area contributed by atoms with E-state index in [9.17, 15) is 9.59 Å². The number of rotatable bonds is 6. The van der Waals surface area contributed by atoms with Crippen LogP contribution in [0.1, 0.15) is 22.3 Å². The van der Waals surface area contributed by atoms with E-state index < -0.39 is 0 Å². The molecular weight excluding hydrogens is 602 g/mol. The standard InChI is InChI=1S/C29H21Br2NO3S/c1-18-9-11-19(12-10-18)16-32-28(33)26(36-29(32)34)15-20-13-24(30)27(25(31)14-20)35-17-22-7-4-6-21-5-2-3-8-23(21)22/h2-15H,16-17H2,1H3/b26-15-. The summed E-state index contributed by atoms with van der Waals surface area (Å²) in [5, 5.41) is 2.06. The van der Waals surface area contributed by atoms with Crippen LogP contribution in [0.3, 0.4) is 0 Å². The average Bonchev–Trinajstić information content (AvgIpc) is 3.12. The van der Waals surface area contributed by atoms with Crippen molar-refractivity contribution in [2.45, 2.75) is 20.1 Å². The average molecular weight is 623 g/mol. The van der Waals surface area contributed by atoms with Crippen molar-refractivity contribution in [3.8, 4) is 5.75 Å². The second kappa shape index (κ2) is 10.6. The van der Waals surface area contributed by atoms with E-state index in [2.05, 4.69) is 56.1 Å². The summed E-state index contributed by atoms with van der Waals surface area (Å²) in [6.45, 7) is 2.68. The van der Waals surface area contributed by atoms with Gasteiger partial charge in [0.15, 0.2) is 0 Å². The molecule has 0 aromatic heterocycles. The van der Waals surface area contributed by atoms with Crippen LogP contribution in [0.15, 0.2) is 92.7 Å². The normalized spacial score (nSPS) is 14.8.